The maximum Gasteiger partial charge on any atom is 0.0616 e. The smallest absolute Gasteiger partial charge is 0.0616 e. The van der Waals surface area contributed by atoms with Crippen LogP contribution >= 0.6 is 0 Å². The summed E-state index contributed by atoms with van der Waals surface area (Å²) in [6, 6.07) is 2.13. The molecule has 1 aromatic heterocycles. The second kappa shape index (κ2) is 6.72. The molecule has 2 N–H and O–H groups in total. The van der Waals surface area contributed by atoms with Gasteiger partial charge in [0, 0.05) is 17.8 Å². The van der Waals surface area contributed by atoms with E-state index in [1.807, 2.05) is 6.92 Å². The molecule has 0 saturated heterocycles. The van der Waals surface area contributed by atoms with Gasteiger partial charge < -0.3 is 10.4 Å². The van der Waals surface area contributed by atoms with Gasteiger partial charge >= 0.3 is 0 Å². The highest BCUT2D eigenvalue weighted by Gasteiger charge is 2.41. The van der Waals surface area contributed by atoms with Crippen LogP contribution in [0.2, 0.25) is 0 Å². The first-order valence-electron chi connectivity index (χ1n) is 7.98. The average molecular weight is 279 g/mol. The minimum Gasteiger partial charge on any atom is -0.394 e. The van der Waals surface area contributed by atoms with Gasteiger partial charge in [-0.1, -0.05) is 13.3 Å². The Morgan fingerprint density at radius 2 is 2.30 bits per heavy atom. The van der Waals surface area contributed by atoms with Crippen LogP contribution < -0.4 is 5.32 Å². The molecule has 114 valence electrons. The van der Waals surface area contributed by atoms with Crippen LogP contribution in [0.15, 0.2) is 6.07 Å². The number of aliphatic hydroxyl groups is 1. The van der Waals surface area contributed by atoms with Gasteiger partial charge in [0.2, 0.25) is 0 Å². The van der Waals surface area contributed by atoms with E-state index in [4.69, 9.17) is 0 Å². The Hall–Kier alpha value is -0.870. The van der Waals surface area contributed by atoms with Crippen molar-refractivity contribution in [2.75, 3.05) is 13.2 Å². The number of hydrogen-bond acceptors (Lipinski definition) is 3. The van der Waals surface area contributed by atoms with Gasteiger partial charge in [-0.15, -0.1) is 0 Å². The lowest BCUT2D eigenvalue weighted by atomic mass is 9.85. The van der Waals surface area contributed by atoms with Crippen molar-refractivity contribution in [2.45, 2.75) is 65.0 Å². The summed E-state index contributed by atoms with van der Waals surface area (Å²) in [5.41, 5.74) is 2.27. The third kappa shape index (κ3) is 3.23. The Morgan fingerprint density at radius 3 is 2.90 bits per heavy atom. The molecule has 1 saturated carbocycles. The predicted molar refractivity (Wildman–Crippen MR) is 81.8 cm³/mol. The summed E-state index contributed by atoms with van der Waals surface area (Å²) in [6.07, 6.45) is 5.76. The van der Waals surface area contributed by atoms with E-state index in [2.05, 4.69) is 35.0 Å². The van der Waals surface area contributed by atoms with Crippen LogP contribution in [0.5, 0.6) is 0 Å². The molecule has 0 aromatic carbocycles. The van der Waals surface area contributed by atoms with Crippen LogP contribution in [0.4, 0.5) is 0 Å². The molecule has 2 rings (SSSR count). The number of nitrogens with zero attached hydrogens (tertiary/aromatic N) is 2. The second-order valence-corrected chi connectivity index (χ2v) is 6.27. The van der Waals surface area contributed by atoms with E-state index in [-0.39, 0.29) is 12.1 Å². The fourth-order valence-corrected chi connectivity index (χ4v) is 3.62. The molecule has 1 aliphatic carbocycles. The van der Waals surface area contributed by atoms with E-state index < -0.39 is 0 Å². The number of rotatable bonds is 7. The molecule has 1 aromatic rings. The van der Waals surface area contributed by atoms with E-state index in [0.717, 1.165) is 38.0 Å². The molecule has 20 heavy (non-hydrogen) atoms. The molecule has 2 atom stereocenters. The monoisotopic (exact) mass is 279 g/mol. The van der Waals surface area contributed by atoms with Crippen molar-refractivity contribution in [3.8, 4) is 0 Å². The molecule has 4 nitrogen and oxygen atoms in total. The zero-order valence-electron chi connectivity index (χ0n) is 13.2. The van der Waals surface area contributed by atoms with Crippen molar-refractivity contribution in [1.82, 2.24) is 15.1 Å². The molecule has 1 fully saturated rings. The van der Waals surface area contributed by atoms with Crippen LogP contribution in [0.1, 0.15) is 50.4 Å². The van der Waals surface area contributed by atoms with Crippen LogP contribution in [-0.2, 0) is 6.54 Å². The Morgan fingerprint density at radius 1 is 1.50 bits per heavy atom. The zero-order valence-corrected chi connectivity index (χ0v) is 13.2. The molecular formula is C16H29N3O. The van der Waals surface area contributed by atoms with Crippen molar-refractivity contribution in [1.29, 1.82) is 0 Å². The molecular weight excluding hydrogens is 250 g/mol. The van der Waals surface area contributed by atoms with E-state index >= 15 is 0 Å². The van der Waals surface area contributed by atoms with Gasteiger partial charge in [0.15, 0.2) is 0 Å². The normalized spacial score (nSPS) is 26.3. The summed E-state index contributed by atoms with van der Waals surface area (Å²) in [7, 11) is 0. The molecule has 1 aliphatic rings. The Labute approximate surface area is 122 Å². The van der Waals surface area contributed by atoms with Gasteiger partial charge in [0.1, 0.15) is 0 Å². The molecule has 0 bridgehead atoms. The summed E-state index contributed by atoms with van der Waals surface area (Å²) in [5.74, 6) is 0.558. The minimum absolute atomic E-state index is 0.0495. The first-order valence-corrected chi connectivity index (χ1v) is 7.98. The lowest BCUT2D eigenvalue weighted by Crippen LogP contribution is -2.51. The zero-order chi connectivity index (χ0) is 14.6. The Balaban J connectivity index is 1.98. The predicted octanol–water partition coefficient (Wildman–Crippen LogP) is 2.42. The van der Waals surface area contributed by atoms with Crippen molar-refractivity contribution in [3.63, 3.8) is 0 Å². The van der Waals surface area contributed by atoms with Crippen molar-refractivity contribution < 1.29 is 5.11 Å². The van der Waals surface area contributed by atoms with E-state index in [9.17, 15) is 5.11 Å². The average Bonchev–Trinajstić information content (AvgIpc) is 2.98. The van der Waals surface area contributed by atoms with E-state index in [1.54, 1.807) is 0 Å². The van der Waals surface area contributed by atoms with Gasteiger partial charge in [-0.3, -0.25) is 4.68 Å². The summed E-state index contributed by atoms with van der Waals surface area (Å²) in [6.45, 7) is 8.55. The fraction of sp³-hybridized carbons (Fsp3) is 0.812. The molecule has 1 heterocycles. The molecule has 2 unspecified atom stereocenters. The third-order valence-electron chi connectivity index (χ3n) is 4.76. The van der Waals surface area contributed by atoms with Crippen LogP contribution in [0.25, 0.3) is 0 Å². The molecule has 0 aliphatic heterocycles. The number of aryl methyl sites for hydroxylation is 3. The van der Waals surface area contributed by atoms with Crippen LogP contribution in [0, 0.1) is 19.8 Å². The maximum atomic E-state index is 9.88. The highest BCUT2D eigenvalue weighted by atomic mass is 16.3. The SMILES string of the molecule is CCCNC1(CO)CCCC1CCn1nc(C)cc1C. The number of nitrogens with one attached hydrogen (secondary N) is 1. The summed E-state index contributed by atoms with van der Waals surface area (Å²) >= 11 is 0. The van der Waals surface area contributed by atoms with Gasteiger partial charge in [0.05, 0.1) is 12.3 Å². The highest BCUT2D eigenvalue weighted by molar-refractivity contribution is 5.06. The van der Waals surface area contributed by atoms with Crippen molar-refractivity contribution in [2.24, 2.45) is 5.92 Å². The van der Waals surface area contributed by atoms with Crippen LogP contribution in [-0.4, -0.2) is 33.6 Å². The lowest BCUT2D eigenvalue weighted by molar-refractivity contribution is 0.116. The van der Waals surface area contributed by atoms with Gasteiger partial charge in [-0.25, -0.2) is 0 Å². The lowest BCUT2D eigenvalue weighted by Gasteiger charge is -2.35. The molecule has 0 radical (unpaired) electrons. The fourth-order valence-electron chi connectivity index (χ4n) is 3.62. The largest absolute Gasteiger partial charge is 0.394 e. The summed E-state index contributed by atoms with van der Waals surface area (Å²) in [4.78, 5) is 0. The molecule has 0 amide bonds. The van der Waals surface area contributed by atoms with Gasteiger partial charge in [-0.2, -0.15) is 5.10 Å². The number of hydrogen-bond donors (Lipinski definition) is 2. The summed E-state index contributed by atoms with van der Waals surface area (Å²) < 4.78 is 2.11. The van der Waals surface area contributed by atoms with Gasteiger partial charge in [0.25, 0.3) is 0 Å². The number of aromatic nitrogens is 2. The van der Waals surface area contributed by atoms with E-state index in [1.165, 1.54) is 18.5 Å². The quantitative estimate of drug-likeness (QED) is 0.806. The van der Waals surface area contributed by atoms with Gasteiger partial charge in [-0.05, 0) is 58.1 Å². The third-order valence-corrected chi connectivity index (χ3v) is 4.76. The first-order chi connectivity index (χ1) is 9.61. The first kappa shape index (κ1) is 15.5. The maximum absolute atomic E-state index is 9.88. The van der Waals surface area contributed by atoms with Crippen molar-refractivity contribution in [3.05, 3.63) is 17.5 Å². The second-order valence-electron chi connectivity index (χ2n) is 6.27. The molecule has 4 heteroatoms. The topological polar surface area (TPSA) is 50.1 Å². The Bertz CT molecular complexity index is 429. The number of aliphatic hydroxyl groups excluding tert-OH is 1. The minimum atomic E-state index is -0.0495. The molecule has 0 spiro atoms. The van der Waals surface area contributed by atoms with Crippen molar-refractivity contribution >= 4 is 0 Å². The standard InChI is InChI=1S/C16H29N3O/c1-4-9-17-16(12-20)8-5-6-15(16)7-10-19-14(3)11-13(2)18-19/h11,15,17,20H,4-10,12H2,1-3H3. The highest BCUT2D eigenvalue weighted by Crippen LogP contribution is 2.38. The summed E-state index contributed by atoms with van der Waals surface area (Å²) in [5, 5.41) is 18.0. The Kier molecular flexibility index (Phi) is 5.22. The van der Waals surface area contributed by atoms with Crippen LogP contribution in [0.3, 0.4) is 0 Å². The van der Waals surface area contributed by atoms with E-state index in [0.29, 0.717) is 5.92 Å².